The van der Waals surface area contributed by atoms with Crippen molar-refractivity contribution in [2.75, 3.05) is 0 Å². The number of benzene rings is 2. The van der Waals surface area contributed by atoms with Gasteiger partial charge in [-0.15, -0.1) is 0 Å². The molecule has 0 saturated carbocycles. The minimum absolute atomic E-state index is 0.0272. The van der Waals surface area contributed by atoms with Crippen LogP contribution in [0.15, 0.2) is 48.5 Å². The molecule has 1 amide bonds. The quantitative estimate of drug-likeness (QED) is 0.902. The molecule has 2 heteroatoms. The summed E-state index contributed by atoms with van der Waals surface area (Å²) in [5.41, 5.74) is 4.66. The SMILES string of the molecule is CCc1ccc(C(=O)N[C@@H]2CCCc3ccccc32)cc1. The van der Waals surface area contributed by atoms with Gasteiger partial charge in [-0.1, -0.05) is 43.3 Å². The molecule has 21 heavy (non-hydrogen) atoms. The van der Waals surface area contributed by atoms with E-state index in [9.17, 15) is 4.79 Å². The lowest BCUT2D eigenvalue weighted by molar-refractivity contribution is 0.0933. The zero-order chi connectivity index (χ0) is 14.7. The molecule has 0 fully saturated rings. The van der Waals surface area contributed by atoms with E-state index in [0.717, 1.165) is 31.2 Å². The standard InChI is InChI=1S/C19H21NO/c1-2-14-10-12-16(13-11-14)19(21)20-18-9-5-7-15-6-3-4-8-17(15)18/h3-4,6,8,10-13,18H,2,5,7,9H2,1H3,(H,20,21)/t18-/m1/s1. The molecule has 0 saturated heterocycles. The Hall–Kier alpha value is -2.09. The largest absolute Gasteiger partial charge is 0.345 e. The van der Waals surface area contributed by atoms with Crippen molar-refractivity contribution < 1.29 is 4.79 Å². The van der Waals surface area contributed by atoms with Crippen LogP contribution in [0.4, 0.5) is 0 Å². The Kier molecular flexibility index (Phi) is 4.05. The van der Waals surface area contributed by atoms with Gasteiger partial charge in [0.2, 0.25) is 0 Å². The van der Waals surface area contributed by atoms with Gasteiger partial charge < -0.3 is 5.32 Å². The number of carbonyl (C=O) groups is 1. The highest BCUT2D eigenvalue weighted by atomic mass is 16.1. The van der Waals surface area contributed by atoms with Crippen molar-refractivity contribution in [2.45, 2.75) is 38.6 Å². The van der Waals surface area contributed by atoms with Crippen LogP contribution in [-0.4, -0.2) is 5.91 Å². The van der Waals surface area contributed by atoms with Crippen LogP contribution in [0.2, 0.25) is 0 Å². The number of hydrogen-bond donors (Lipinski definition) is 1. The minimum Gasteiger partial charge on any atom is -0.345 e. The van der Waals surface area contributed by atoms with Crippen LogP contribution in [0, 0.1) is 0 Å². The summed E-state index contributed by atoms with van der Waals surface area (Å²) in [6, 6.07) is 16.5. The Bertz CT molecular complexity index is 630. The first-order chi connectivity index (χ1) is 10.3. The number of amides is 1. The van der Waals surface area contributed by atoms with Crippen LogP contribution >= 0.6 is 0 Å². The third-order valence-electron chi connectivity index (χ3n) is 4.30. The molecule has 108 valence electrons. The molecule has 0 radical (unpaired) electrons. The van der Waals surface area contributed by atoms with Crippen LogP contribution in [0.3, 0.4) is 0 Å². The highest BCUT2D eigenvalue weighted by Gasteiger charge is 2.21. The Labute approximate surface area is 126 Å². The Balaban J connectivity index is 1.76. The fourth-order valence-corrected chi connectivity index (χ4v) is 3.04. The number of aryl methyl sites for hydroxylation is 2. The summed E-state index contributed by atoms with van der Waals surface area (Å²) in [5.74, 6) is 0.0272. The molecule has 2 aromatic rings. The lowest BCUT2D eigenvalue weighted by Gasteiger charge is -2.26. The lowest BCUT2D eigenvalue weighted by Crippen LogP contribution is -2.30. The van der Waals surface area contributed by atoms with E-state index in [4.69, 9.17) is 0 Å². The molecule has 2 nitrogen and oxygen atoms in total. The number of carbonyl (C=O) groups excluding carboxylic acids is 1. The van der Waals surface area contributed by atoms with Crippen LogP contribution in [0.5, 0.6) is 0 Å². The maximum atomic E-state index is 12.4. The van der Waals surface area contributed by atoms with Crippen molar-refractivity contribution in [1.82, 2.24) is 5.32 Å². The maximum absolute atomic E-state index is 12.4. The summed E-state index contributed by atoms with van der Waals surface area (Å²) in [6.07, 6.45) is 4.28. The minimum atomic E-state index is 0.0272. The molecule has 1 aliphatic carbocycles. The van der Waals surface area contributed by atoms with Crippen molar-refractivity contribution in [3.8, 4) is 0 Å². The molecule has 1 N–H and O–H groups in total. The summed E-state index contributed by atoms with van der Waals surface area (Å²) >= 11 is 0. The molecule has 0 bridgehead atoms. The van der Waals surface area contributed by atoms with E-state index in [-0.39, 0.29) is 11.9 Å². The fraction of sp³-hybridized carbons (Fsp3) is 0.316. The monoisotopic (exact) mass is 279 g/mol. The fourth-order valence-electron chi connectivity index (χ4n) is 3.04. The number of nitrogens with one attached hydrogen (secondary N) is 1. The molecular formula is C19H21NO. The van der Waals surface area contributed by atoms with E-state index in [1.807, 2.05) is 24.3 Å². The average molecular weight is 279 g/mol. The van der Waals surface area contributed by atoms with E-state index in [1.54, 1.807) is 0 Å². The zero-order valence-corrected chi connectivity index (χ0v) is 12.4. The zero-order valence-electron chi connectivity index (χ0n) is 12.4. The third kappa shape index (κ3) is 2.99. The second-order valence-corrected chi connectivity index (χ2v) is 5.67. The van der Waals surface area contributed by atoms with Crippen molar-refractivity contribution in [2.24, 2.45) is 0 Å². The Morgan fingerprint density at radius 1 is 1.14 bits per heavy atom. The molecule has 0 spiro atoms. The highest BCUT2D eigenvalue weighted by Crippen LogP contribution is 2.29. The van der Waals surface area contributed by atoms with E-state index < -0.39 is 0 Å². The molecule has 0 unspecified atom stereocenters. The highest BCUT2D eigenvalue weighted by molar-refractivity contribution is 5.94. The maximum Gasteiger partial charge on any atom is 0.251 e. The van der Waals surface area contributed by atoms with Gasteiger partial charge in [0, 0.05) is 5.56 Å². The van der Waals surface area contributed by atoms with Gasteiger partial charge in [0.25, 0.3) is 5.91 Å². The average Bonchev–Trinajstić information content (AvgIpc) is 2.55. The number of rotatable bonds is 3. The van der Waals surface area contributed by atoms with E-state index in [2.05, 4.69) is 36.5 Å². The first-order valence-corrected chi connectivity index (χ1v) is 7.75. The first-order valence-electron chi connectivity index (χ1n) is 7.75. The molecule has 1 aliphatic rings. The van der Waals surface area contributed by atoms with Gasteiger partial charge in [-0.2, -0.15) is 0 Å². The van der Waals surface area contributed by atoms with Gasteiger partial charge in [0.1, 0.15) is 0 Å². The van der Waals surface area contributed by atoms with Gasteiger partial charge in [0.05, 0.1) is 6.04 Å². The van der Waals surface area contributed by atoms with Crippen LogP contribution in [0.1, 0.15) is 52.9 Å². The molecule has 0 aliphatic heterocycles. The van der Waals surface area contributed by atoms with Crippen LogP contribution in [0.25, 0.3) is 0 Å². The summed E-state index contributed by atoms with van der Waals surface area (Å²) in [4.78, 5) is 12.4. The summed E-state index contributed by atoms with van der Waals surface area (Å²) in [6.45, 7) is 2.12. The lowest BCUT2D eigenvalue weighted by atomic mass is 9.87. The van der Waals surface area contributed by atoms with Gasteiger partial charge in [0.15, 0.2) is 0 Å². The molecule has 3 rings (SSSR count). The summed E-state index contributed by atoms with van der Waals surface area (Å²) in [5, 5.41) is 3.19. The van der Waals surface area contributed by atoms with Crippen molar-refractivity contribution in [1.29, 1.82) is 0 Å². The van der Waals surface area contributed by atoms with E-state index in [1.165, 1.54) is 16.7 Å². The topological polar surface area (TPSA) is 29.1 Å². The third-order valence-corrected chi connectivity index (χ3v) is 4.30. The Morgan fingerprint density at radius 3 is 2.67 bits per heavy atom. The predicted octanol–water partition coefficient (Wildman–Crippen LogP) is 4.06. The molecule has 1 atom stereocenters. The summed E-state index contributed by atoms with van der Waals surface area (Å²) < 4.78 is 0. The van der Waals surface area contributed by atoms with E-state index in [0.29, 0.717) is 0 Å². The van der Waals surface area contributed by atoms with Gasteiger partial charge in [-0.05, 0) is 54.5 Å². The first kappa shape index (κ1) is 13.9. The Morgan fingerprint density at radius 2 is 1.90 bits per heavy atom. The number of fused-ring (bicyclic) bond motifs is 1. The van der Waals surface area contributed by atoms with Crippen LogP contribution in [-0.2, 0) is 12.8 Å². The van der Waals surface area contributed by atoms with Crippen LogP contribution < -0.4 is 5.32 Å². The van der Waals surface area contributed by atoms with E-state index >= 15 is 0 Å². The van der Waals surface area contributed by atoms with Gasteiger partial charge in [-0.25, -0.2) is 0 Å². The number of hydrogen-bond acceptors (Lipinski definition) is 1. The van der Waals surface area contributed by atoms with Gasteiger partial charge >= 0.3 is 0 Å². The molecular weight excluding hydrogens is 258 g/mol. The summed E-state index contributed by atoms with van der Waals surface area (Å²) in [7, 11) is 0. The molecule has 2 aromatic carbocycles. The predicted molar refractivity (Wildman–Crippen MR) is 85.4 cm³/mol. The smallest absolute Gasteiger partial charge is 0.251 e. The normalized spacial score (nSPS) is 17.1. The molecule has 0 aromatic heterocycles. The van der Waals surface area contributed by atoms with Crippen molar-refractivity contribution in [3.05, 3.63) is 70.8 Å². The van der Waals surface area contributed by atoms with Gasteiger partial charge in [-0.3, -0.25) is 4.79 Å². The second-order valence-electron chi connectivity index (χ2n) is 5.67. The second kappa shape index (κ2) is 6.13. The van der Waals surface area contributed by atoms with Crippen molar-refractivity contribution >= 4 is 5.91 Å². The molecule has 0 heterocycles. The van der Waals surface area contributed by atoms with Crippen molar-refractivity contribution in [3.63, 3.8) is 0 Å².